The second-order valence-corrected chi connectivity index (χ2v) is 5.86. The molecule has 0 saturated carbocycles. The van der Waals surface area contributed by atoms with Crippen LogP contribution in [0.25, 0.3) is 0 Å². The van der Waals surface area contributed by atoms with E-state index in [4.69, 9.17) is 4.74 Å². The van der Waals surface area contributed by atoms with Gasteiger partial charge < -0.3 is 10.1 Å². The maximum Gasteiger partial charge on any atom is 0.417 e. The lowest BCUT2D eigenvalue weighted by atomic mass is 10.2. The number of rotatable bonds is 3. The number of imide groups is 1. The molecule has 0 saturated heterocycles. The maximum atomic E-state index is 12.1. The SMILES string of the molecule is CC(C)(C)OC(=O)N1C(=O)C=CC1CNc1ccccc1. The van der Waals surface area contributed by atoms with Crippen LogP contribution in [-0.4, -0.2) is 35.1 Å². The van der Waals surface area contributed by atoms with Crippen molar-refractivity contribution in [3.05, 3.63) is 42.5 Å². The third-order valence-electron chi connectivity index (χ3n) is 2.91. The first-order valence-corrected chi connectivity index (χ1v) is 6.90. The summed E-state index contributed by atoms with van der Waals surface area (Å²) in [5.41, 5.74) is 0.312. The summed E-state index contributed by atoms with van der Waals surface area (Å²) in [4.78, 5) is 25.1. The van der Waals surface area contributed by atoms with Gasteiger partial charge in [0.1, 0.15) is 5.60 Å². The van der Waals surface area contributed by atoms with E-state index in [-0.39, 0.29) is 11.9 Å². The zero-order chi connectivity index (χ0) is 15.5. The first kappa shape index (κ1) is 15.1. The van der Waals surface area contributed by atoms with Crippen molar-refractivity contribution in [3.63, 3.8) is 0 Å². The second kappa shape index (κ2) is 5.99. The number of anilines is 1. The van der Waals surface area contributed by atoms with Gasteiger partial charge in [-0.05, 0) is 32.9 Å². The number of carbonyl (C=O) groups is 2. The van der Waals surface area contributed by atoms with Gasteiger partial charge in [0.05, 0.1) is 6.04 Å². The Hall–Kier alpha value is -2.30. The summed E-state index contributed by atoms with van der Waals surface area (Å²) in [5.74, 6) is -0.343. The molecule has 21 heavy (non-hydrogen) atoms. The van der Waals surface area contributed by atoms with Gasteiger partial charge in [-0.1, -0.05) is 24.3 Å². The zero-order valence-corrected chi connectivity index (χ0v) is 12.5. The average Bonchev–Trinajstić information content (AvgIpc) is 2.77. The lowest BCUT2D eigenvalue weighted by Crippen LogP contribution is -2.45. The smallest absolute Gasteiger partial charge is 0.417 e. The van der Waals surface area contributed by atoms with Gasteiger partial charge in [0, 0.05) is 18.3 Å². The highest BCUT2D eigenvalue weighted by Crippen LogP contribution is 2.18. The zero-order valence-electron chi connectivity index (χ0n) is 12.5. The standard InChI is InChI=1S/C16H20N2O3/c1-16(2,3)21-15(20)18-13(9-10-14(18)19)11-17-12-7-5-4-6-8-12/h4-10,13,17H,11H2,1-3H3. The topological polar surface area (TPSA) is 58.6 Å². The monoisotopic (exact) mass is 288 g/mol. The van der Waals surface area contributed by atoms with Crippen LogP contribution in [0.1, 0.15) is 20.8 Å². The largest absolute Gasteiger partial charge is 0.443 e. The Kier molecular flexibility index (Phi) is 4.31. The van der Waals surface area contributed by atoms with Crippen molar-refractivity contribution in [2.24, 2.45) is 0 Å². The Labute approximate surface area is 124 Å². The van der Waals surface area contributed by atoms with Gasteiger partial charge in [-0.2, -0.15) is 0 Å². The lowest BCUT2D eigenvalue weighted by molar-refractivity contribution is -0.125. The van der Waals surface area contributed by atoms with Gasteiger partial charge in [-0.25, -0.2) is 9.69 Å². The van der Waals surface area contributed by atoms with E-state index in [0.717, 1.165) is 10.6 Å². The van der Waals surface area contributed by atoms with E-state index in [1.54, 1.807) is 26.8 Å². The van der Waals surface area contributed by atoms with Crippen LogP contribution in [-0.2, 0) is 9.53 Å². The van der Waals surface area contributed by atoms with Crippen LogP contribution in [0.5, 0.6) is 0 Å². The van der Waals surface area contributed by atoms with Crippen molar-refractivity contribution < 1.29 is 14.3 Å². The molecule has 0 fully saturated rings. The summed E-state index contributed by atoms with van der Waals surface area (Å²) in [6.45, 7) is 5.77. The predicted molar refractivity (Wildman–Crippen MR) is 80.9 cm³/mol. The molecule has 0 radical (unpaired) electrons. The number of hydrogen-bond donors (Lipinski definition) is 1. The van der Waals surface area contributed by atoms with E-state index in [1.165, 1.54) is 6.08 Å². The van der Waals surface area contributed by atoms with Crippen molar-refractivity contribution in [2.45, 2.75) is 32.4 Å². The number of carbonyl (C=O) groups excluding carboxylic acids is 2. The lowest BCUT2D eigenvalue weighted by Gasteiger charge is -2.27. The summed E-state index contributed by atoms with van der Waals surface area (Å²) in [6, 6.07) is 9.29. The summed E-state index contributed by atoms with van der Waals surface area (Å²) in [5, 5.41) is 3.20. The molecule has 1 atom stereocenters. The first-order valence-electron chi connectivity index (χ1n) is 6.90. The van der Waals surface area contributed by atoms with Gasteiger partial charge in [0.25, 0.3) is 5.91 Å². The van der Waals surface area contributed by atoms with Crippen molar-refractivity contribution in [2.75, 3.05) is 11.9 Å². The Morgan fingerprint density at radius 3 is 2.57 bits per heavy atom. The number of nitrogens with zero attached hydrogens (tertiary/aromatic N) is 1. The molecule has 112 valence electrons. The van der Waals surface area contributed by atoms with E-state index in [0.29, 0.717) is 6.54 Å². The molecule has 0 spiro atoms. The summed E-state index contributed by atoms with van der Waals surface area (Å²) in [6.07, 6.45) is 2.50. The number of hydrogen-bond acceptors (Lipinski definition) is 4. The number of amides is 2. The molecule has 5 nitrogen and oxygen atoms in total. The first-order chi connectivity index (χ1) is 9.87. The molecule has 2 rings (SSSR count). The second-order valence-electron chi connectivity index (χ2n) is 5.86. The molecule has 1 aromatic carbocycles. The van der Waals surface area contributed by atoms with Crippen LogP contribution < -0.4 is 5.32 Å². The van der Waals surface area contributed by atoms with Crippen LogP contribution in [0.2, 0.25) is 0 Å². The minimum atomic E-state index is -0.628. The minimum Gasteiger partial charge on any atom is -0.443 e. The van der Waals surface area contributed by atoms with E-state index in [9.17, 15) is 9.59 Å². The molecule has 1 heterocycles. The van der Waals surface area contributed by atoms with Gasteiger partial charge in [-0.15, -0.1) is 0 Å². The van der Waals surface area contributed by atoms with Crippen molar-refractivity contribution in [1.82, 2.24) is 4.90 Å². The van der Waals surface area contributed by atoms with Crippen LogP contribution >= 0.6 is 0 Å². The van der Waals surface area contributed by atoms with Gasteiger partial charge in [-0.3, -0.25) is 4.79 Å². The van der Waals surface area contributed by atoms with Gasteiger partial charge >= 0.3 is 6.09 Å². The van der Waals surface area contributed by atoms with Crippen molar-refractivity contribution in [3.8, 4) is 0 Å². The predicted octanol–water partition coefficient (Wildman–Crippen LogP) is 2.80. The van der Waals surface area contributed by atoms with Gasteiger partial charge in [0.2, 0.25) is 0 Å². The highest BCUT2D eigenvalue weighted by atomic mass is 16.6. The quantitative estimate of drug-likeness (QED) is 0.929. The molecule has 1 N–H and O–H groups in total. The van der Waals surface area contributed by atoms with E-state index < -0.39 is 11.7 Å². The molecule has 0 aliphatic carbocycles. The van der Waals surface area contributed by atoms with Crippen LogP contribution in [0.3, 0.4) is 0 Å². The maximum absolute atomic E-state index is 12.1. The number of ether oxygens (including phenoxy) is 1. The van der Waals surface area contributed by atoms with E-state index in [2.05, 4.69) is 5.32 Å². The average molecular weight is 288 g/mol. The van der Waals surface area contributed by atoms with Crippen molar-refractivity contribution in [1.29, 1.82) is 0 Å². The number of benzene rings is 1. The number of nitrogens with one attached hydrogen (secondary N) is 1. The normalized spacial score (nSPS) is 18.0. The molecular formula is C16H20N2O3. The summed E-state index contributed by atoms with van der Waals surface area (Å²) >= 11 is 0. The summed E-state index contributed by atoms with van der Waals surface area (Å²) < 4.78 is 5.27. The molecule has 1 aliphatic rings. The third kappa shape index (κ3) is 4.08. The van der Waals surface area contributed by atoms with Crippen molar-refractivity contribution >= 4 is 17.7 Å². The van der Waals surface area contributed by atoms with Crippen LogP contribution in [0, 0.1) is 0 Å². The third-order valence-corrected chi connectivity index (χ3v) is 2.91. The molecule has 1 aromatic rings. The highest BCUT2D eigenvalue weighted by molar-refractivity contribution is 6.01. The molecule has 0 bridgehead atoms. The molecule has 2 amide bonds. The molecule has 1 aliphatic heterocycles. The fraction of sp³-hybridized carbons (Fsp3) is 0.375. The molecule has 0 aromatic heterocycles. The Balaban J connectivity index is 1.99. The fourth-order valence-corrected chi connectivity index (χ4v) is 2.00. The number of para-hydroxylation sites is 1. The highest BCUT2D eigenvalue weighted by Gasteiger charge is 2.34. The summed E-state index contributed by atoms with van der Waals surface area (Å²) in [7, 11) is 0. The minimum absolute atomic E-state index is 0.340. The molecule has 1 unspecified atom stereocenters. The van der Waals surface area contributed by atoms with E-state index >= 15 is 0 Å². The molecule has 5 heteroatoms. The Morgan fingerprint density at radius 1 is 1.29 bits per heavy atom. The fourth-order valence-electron chi connectivity index (χ4n) is 2.00. The Morgan fingerprint density at radius 2 is 1.95 bits per heavy atom. The van der Waals surface area contributed by atoms with E-state index in [1.807, 2.05) is 30.3 Å². The molecular weight excluding hydrogens is 268 g/mol. The Bertz CT molecular complexity index is 546. The van der Waals surface area contributed by atoms with Crippen LogP contribution in [0.15, 0.2) is 42.5 Å². The van der Waals surface area contributed by atoms with Gasteiger partial charge in [0.15, 0.2) is 0 Å². The van der Waals surface area contributed by atoms with Crippen LogP contribution in [0.4, 0.5) is 10.5 Å².